The van der Waals surface area contributed by atoms with E-state index >= 15 is 0 Å². The van der Waals surface area contributed by atoms with Crippen LogP contribution in [-0.2, 0) is 6.54 Å². The van der Waals surface area contributed by atoms with E-state index in [9.17, 15) is 0 Å². The number of aromatic nitrogens is 7. The van der Waals surface area contributed by atoms with Crippen LogP contribution in [-0.4, -0.2) is 52.5 Å². The molecule has 0 amide bonds. The summed E-state index contributed by atoms with van der Waals surface area (Å²) in [6.45, 7) is 2.93. The normalized spacial score (nSPS) is 14.8. The number of nitrogens with zero attached hydrogens (tertiary/aromatic N) is 8. The minimum Gasteiger partial charge on any atom is -0.382 e. The number of hydrogen-bond acceptors (Lipinski definition) is 8. The Labute approximate surface area is 225 Å². The second kappa shape index (κ2) is 9.85. The molecule has 0 aliphatic carbocycles. The van der Waals surface area contributed by atoms with Crippen molar-refractivity contribution in [1.29, 1.82) is 0 Å². The molecule has 6 aromatic rings. The van der Waals surface area contributed by atoms with Gasteiger partial charge < -0.3 is 10.3 Å². The number of imidazole rings is 1. The zero-order valence-electron chi connectivity index (χ0n) is 21.4. The van der Waals surface area contributed by atoms with Crippen molar-refractivity contribution in [1.82, 2.24) is 39.4 Å². The number of piperidine rings is 1. The Morgan fingerprint density at radius 3 is 2.33 bits per heavy atom. The molecule has 0 bridgehead atoms. The van der Waals surface area contributed by atoms with Gasteiger partial charge in [-0.25, -0.2) is 24.9 Å². The minimum absolute atomic E-state index is 0.362. The van der Waals surface area contributed by atoms with Crippen molar-refractivity contribution in [2.75, 3.05) is 18.8 Å². The molecule has 4 aromatic heterocycles. The highest BCUT2D eigenvalue weighted by Gasteiger charge is 2.23. The van der Waals surface area contributed by atoms with Crippen LogP contribution in [0.1, 0.15) is 24.4 Å². The Kier molecular flexibility index (Phi) is 5.90. The molecule has 0 atom stereocenters. The molecule has 2 aromatic carbocycles. The number of rotatable bonds is 5. The molecule has 1 aliphatic rings. The van der Waals surface area contributed by atoms with Gasteiger partial charge in [0.25, 0.3) is 0 Å². The van der Waals surface area contributed by atoms with Crippen LogP contribution in [0.15, 0.2) is 85.7 Å². The molecule has 9 nitrogen and oxygen atoms in total. The van der Waals surface area contributed by atoms with Gasteiger partial charge in [0.1, 0.15) is 17.4 Å². The zero-order chi connectivity index (χ0) is 26.2. The van der Waals surface area contributed by atoms with Crippen LogP contribution in [0.25, 0.3) is 44.7 Å². The van der Waals surface area contributed by atoms with Crippen LogP contribution >= 0.6 is 0 Å². The smallest absolute Gasteiger partial charge is 0.165 e. The summed E-state index contributed by atoms with van der Waals surface area (Å²) in [7, 11) is 0. The predicted octanol–water partition coefficient (Wildman–Crippen LogP) is 4.92. The molecule has 0 radical (unpaired) electrons. The van der Waals surface area contributed by atoms with Gasteiger partial charge in [0, 0.05) is 43.0 Å². The molecule has 0 saturated carbocycles. The number of benzene rings is 2. The summed E-state index contributed by atoms with van der Waals surface area (Å²) in [6.07, 6.45) is 8.96. The van der Waals surface area contributed by atoms with Gasteiger partial charge in [-0.2, -0.15) is 0 Å². The monoisotopic (exact) mass is 513 g/mol. The number of hydrogen-bond donors (Lipinski definition) is 1. The van der Waals surface area contributed by atoms with E-state index < -0.39 is 0 Å². The van der Waals surface area contributed by atoms with Crippen molar-refractivity contribution >= 4 is 28.0 Å². The zero-order valence-corrected chi connectivity index (χ0v) is 21.4. The second-order valence-electron chi connectivity index (χ2n) is 9.94. The summed E-state index contributed by atoms with van der Waals surface area (Å²) in [5.41, 5.74) is 14.2. The van der Waals surface area contributed by atoms with Crippen molar-refractivity contribution in [3.05, 3.63) is 91.3 Å². The van der Waals surface area contributed by atoms with Crippen molar-refractivity contribution < 1.29 is 0 Å². The van der Waals surface area contributed by atoms with Crippen LogP contribution in [0.2, 0.25) is 0 Å². The van der Waals surface area contributed by atoms with Crippen LogP contribution in [0.4, 0.5) is 5.82 Å². The van der Waals surface area contributed by atoms with Gasteiger partial charge in [0.05, 0.1) is 29.4 Å². The molecule has 9 heteroatoms. The van der Waals surface area contributed by atoms with E-state index in [2.05, 4.69) is 65.8 Å². The first-order valence-electron chi connectivity index (χ1n) is 13.1. The number of nitrogens with two attached hydrogens (primary N) is 1. The Balaban J connectivity index is 1.09. The second-order valence-corrected chi connectivity index (χ2v) is 9.94. The summed E-state index contributed by atoms with van der Waals surface area (Å²) in [5, 5.41) is 0. The summed E-state index contributed by atoms with van der Waals surface area (Å²) in [5.74, 6) is 0.433. The van der Waals surface area contributed by atoms with E-state index in [1.54, 1.807) is 12.4 Å². The van der Waals surface area contributed by atoms with Gasteiger partial charge in [0.15, 0.2) is 11.5 Å². The van der Waals surface area contributed by atoms with E-state index in [1.165, 1.54) is 11.9 Å². The first-order chi connectivity index (χ1) is 19.2. The SMILES string of the molecule is Nc1ncnc2c1ncn2C1CCN(Cc2ccc(-c3nc4ccncc4nc3-c3ccccc3)cc2)CC1. The van der Waals surface area contributed by atoms with Gasteiger partial charge in [-0.15, -0.1) is 0 Å². The van der Waals surface area contributed by atoms with Crippen molar-refractivity contribution in [2.24, 2.45) is 0 Å². The van der Waals surface area contributed by atoms with Gasteiger partial charge in [0.2, 0.25) is 0 Å². The number of fused-ring (bicyclic) bond motifs is 2. The van der Waals surface area contributed by atoms with Crippen molar-refractivity contribution in [3.8, 4) is 22.5 Å². The summed E-state index contributed by atoms with van der Waals surface area (Å²) < 4.78 is 2.16. The quantitative estimate of drug-likeness (QED) is 0.346. The molecule has 1 fully saturated rings. The molecule has 0 unspecified atom stereocenters. The average Bonchev–Trinajstić information content (AvgIpc) is 3.43. The topological polar surface area (TPSA) is 112 Å². The summed E-state index contributed by atoms with van der Waals surface area (Å²) in [6, 6.07) is 21.2. The van der Waals surface area contributed by atoms with Gasteiger partial charge in [-0.1, -0.05) is 54.6 Å². The molecule has 0 spiro atoms. The maximum Gasteiger partial charge on any atom is 0.165 e. The fraction of sp³-hybridized carbons (Fsp3) is 0.200. The Bertz CT molecular complexity index is 1760. The lowest BCUT2D eigenvalue weighted by molar-refractivity contribution is 0.181. The highest BCUT2D eigenvalue weighted by Crippen LogP contribution is 2.32. The Hall–Kier alpha value is -4.76. The third-order valence-corrected chi connectivity index (χ3v) is 7.48. The lowest BCUT2D eigenvalue weighted by Gasteiger charge is -2.32. The highest BCUT2D eigenvalue weighted by atomic mass is 15.2. The van der Waals surface area contributed by atoms with E-state index in [-0.39, 0.29) is 0 Å². The largest absolute Gasteiger partial charge is 0.382 e. The van der Waals surface area contributed by atoms with Gasteiger partial charge in [-0.05, 0) is 24.5 Å². The van der Waals surface area contributed by atoms with Crippen molar-refractivity contribution in [2.45, 2.75) is 25.4 Å². The highest BCUT2D eigenvalue weighted by molar-refractivity contribution is 5.85. The van der Waals surface area contributed by atoms with Gasteiger partial charge >= 0.3 is 0 Å². The number of pyridine rings is 1. The average molecular weight is 514 g/mol. The third kappa shape index (κ3) is 4.46. The molecule has 2 N–H and O–H groups in total. The maximum atomic E-state index is 5.97. The Morgan fingerprint density at radius 1 is 0.795 bits per heavy atom. The lowest BCUT2D eigenvalue weighted by Crippen LogP contribution is -2.34. The van der Waals surface area contributed by atoms with E-state index in [4.69, 9.17) is 15.7 Å². The fourth-order valence-electron chi connectivity index (χ4n) is 5.42. The molecular weight excluding hydrogens is 486 g/mol. The molecule has 5 heterocycles. The minimum atomic E-state index is 0.362. The lowest BCUT2D eigenvalue weighted by atomic mass is 10.0. The van der Waals surface area contributed by atoms with Crippen LogP contribution in [0.5, 0.6) is 0 Å². The predicted molar refractivity (Wildman–Crippen MR) is 151 cm³/mol. The summed E-state index contributed by atoms with van der Waals surface area (Å²) >= 11 is 0. The molecule has 7 rings (SSSR count). The molecule has 1 saturated heterocycles. The fourth-order valence-corrected chi connectivity index (χ4v) is 5.42. The number of nitrogen functional groups attached to an aromatic ring is 1. The van der Waals surface area contributed by atoms with Crippen LogP contribution in [0, 0.1) is 0 Å². The number of anilines is 1. The molecular formula is C30H27N9. The first-order valence-corrected chi connectivity index (χ1v) is 13.1. The Morgan fingerprint density at radius 2 is 1.54 bits per heavy atom. The van der Waals surface area contributed by atoms with Crippen molar-refractivity contribution in [3.63, 3.8) is 0 Å². The van der Waals surface area contributed by atoms with Crippen LogP contribution in [0.3, 0.4) is 0 Å². The number of likely N-dealkylation sites (tertiary alicyclic amines) is 1. The van der Waals surface area contributed by atoms with E-state index in [0.29, 0.717) is 17.4 Å². The third-order valence-electron chi connectivity index (χ3n) is 7.48. The maximum absolute atomic E-state index is 5.97. The summed E-state index contributed by atoms with van der Waals surface area (Å²) in [4.78, 5) is 29.6. The standard InChI is InChI=1S/C30H27N9/c31-29-28-30(34-18-33-29)39(19-35-28)23-11-14-38(15-12-23)17-20-6-8-22(9-7-20)27-26(21-4-2-1-3-5-21)37-25-16-32-13-10-24(25)36-27/h1-10,13,16,18-19,23H,11-12,14-15,17H2,(H2,31,33,34). The molecule has 192 valence electrons. The van der Waals surface area contributed by atoms with Crippen LogP contribution < -0.4 is 5.73 Å². The molecule has 1 aliphatic heterocycles. The van der Waals surface area contributed by atoms with E-state index in [1.807, 2.05) is 30.6 Å². The first kappa shape index (κ1) is 23.4. The van der Waals surface area contributed by atoms with E-state index in [0.717, 1.165) is 71.7 Å². The molecule has 39 heavy (non-hydrogen) atoms. The van der Waals surface area contributed by atoms with Gasteiger partial charge in [-0.3, -0.25) is 9.88 Å².